The summed E-state index contributed by atoms with van der Waals surface area (Å²) < 4.78 is 61.7. The average Bonchev–Trinajstić information content (AvgIpc) is 0.768. The van der Waals surface area contributed by atoms with E-state index in [0.717, 1.165) is 42.2 Å². The van der Waals surface area contributed by atoms with Gasteiger partial charge in [0, 0.05) is 38.2 Å². The van der Waals surface area contributed by atoms with E-state index in [4.69, 9.17) is 36.7 Å². The van der Waals surface area contributed by atoms with Crippen molar-refractivity contribution in [1.29, 1.82) is 0 Å². The Morgan fingerprint density at radius 2 is 0.692 bits per heavy atom. The number of aliphatic hydroxyl groups is 1. The van der Waals surface area contributed by atoms with Crippen LogP contribution in [0, 0.1) is 11.8 Å². The Kier molecular flexibility index (Phi) is 32.1. The lowest BCUT2D eigenvalue weighted by Crippen LogP contribution is -2.70. The molecule has 1 aliphatic rings. The number of ketones is 1. The lowest BCUT2D eigenvalue weighted by Gasteiger charge is -2.49. The smallest absolute Gasteiger partial charge is 0.261 e. The Balaban J connectivity index is 1.13. The molecule has 120 heavy (non-hydrogen) atoms. The molecular formula is C106H136O10Si4. The first-order chi connectivity index (χ1) is 57.3. The number of rotatable bonds is 40. The summed E-state index contributed by atoms with van der Waals surface area (Å²) in [5, 5.41) is 20.7. The van der Waals surface area contributed by atoms with Crippen LogP contribution in [-0.2, 0) is 54.7 Å². The molecule has 14 heteroatoms. The minimum Gasteiger partial charge on any atom is -0.404 e. The molecule has 1 heterocycles. The van der Waals surface area contributed by atoms with Gasteiger partial charge in [0.1, 0.15) is 5.78 Å². The molecule has 1 aliphatic heterocycles. The molecule has 10 nitrogen and oxygen atoms in total. The second-order valence-corrected chi connectivity index (χ2v) is 55.3. The molecule has 9 atom stereocenters. The van der Waals surface area contributed by atoms with Crippen molar-refractivity contribution in [3.63, 3.8) is 0 Å². The number of hydrogen-bond donors (Lipinski definition) is 1. The van der Waals surface area contributed by atoms with Gasteiger partial charge in [0.2, 0.25) is 0 Å². The Morgan fingerprint density at radius 3 is 1.02 bits per heavy atom. The maximum Gasteiger partial charge on any atom is 0.261 e. The van der Waals surface area contributed by atoms with Gasteiger partial charge in [-0.15, -0.1) is 0 Å². The van der Waals surface area contributed by atoms with Crippen molar-refractivity contribution < 1.29 is 46.6 Å². The number of carbonyl (C=O) groups excluding carboxylic acids is 1. The summed E-state index contributed by atoms with van der Waals surface area (Å²) in [4.78, 5) is 15.3. The molecule has 0 aliphatic carbocycles. The second kappa shape index (κ2) is 41.5. The van der Waals surface area contributed by atoms with Crippen LogP contribution in [0.3, 0.4) is 0 Å². The van der Waals surface area contributed by atoms with Crippen LogP contribution in [0.2, 0.25) is 20.2 Å². The van der Waals surface area contributed by atoms with E-state index in [-0.39, 0.29) is 49.1 Å². The van der Waals surface area contributed by atoms with Crippen molar-refractivity contribution in [2.75, 3.05) is 6.61 Å². The summed E-state index contributed by atoms with van der Waals surface area (Å²) in [7, 11) is -14.1. The first-order valence-corrected chi connectivity index (χ1v) is 51.6. The molecule has 0 unspecified atom stereocenters. The minimum absolute atomic E-state index is 0.0534. The van der Waals surface area contributed by atoms with Gasteiger partial charge < -0.3 is 41.8 Å². The third-order valence-corrected chi connectivity index (χ3v) is 44.6. The number of carbonyl (C=O) groups is 1. The summed E-state index contributed by atoms with van der Waals surface area (Å²) in [6, 6.07) is 108. The van der Waals surface area contributed by atoms with Gasteiger partial charge in [0.15, 0.2) is 5.79 Å². The maximum absolute atomic E-state index is 15.3. The normalized spacial score (nSPS) is 17.1. The van der Waals surface area contributed by atoms with Crippen LogP contribution in [0.15, 0.2) is 315 Å². The molecule has 10 aromatic rings. The first-order valence-electron chi connectivity index (χ1n) is 43.9. The quantitative estimate of drug-likeness (QED) is 0.0226. The fourth-order valence-electron chi connectivity index (χ4n) is 18.9. The highest BCUT2D eigenvalue weighted by Gasteiger charge is 2.58. The number of hydrogen-bond acceptors (Lipinski definition) is 10. The van der Waals surface area contributed by atoms with E-state index in [1.165, 1.54) is 10.4 Å². The van der Waals surface area contributed by atoms with Crippen molar-refractivity contribution in [3.05, 3.63) is 327 Å². The summed E-state index contributed by atoms with van der Waals surface area (Å²) in [6.07, 6.45) is 2.53. The molecule has 1 N–H and O–H groups in total. The third kappa shape index (κ3) is 22.9. The lowest BCUT2D eigenvalue weighted by molar-refractivity contribution is -0.300. The van der Waals surface area contributed by atoms with E-state index in [9.17, 15) is 5.11 Å². The van der Waals surface area contributed by atoms with Gasteiger partial charge in [-0.3, -0.25) is 4.79 Å². The highest BCUT2D eigenvalue weighted by Crippen LogP contribution is 2.46. The molecule has 0 bridgehead atoms. The van der Waals surface area contributed by atoms with Crippen molar-refractivity contribution in [2.45, 2.75) is 257 Å². The van der Waals surface area contributed by atoms with Gasteiger partial charge in [-0.25, -0.2) is 0 Å². The number of aliphatic hydroxyl groups excluding tert-OH is 1. The van der Waals surface area contributed by atoms with E-state index >= 15 is 4.79 Å². The molecule has 0 aromatic heterocycles. The Hall–Kier alpha value is -7.88. The molecule has 0 spiro atoms. The second-order valence-electron chi connectivity index (χ2n) is 38.3. The van der Waals surface area contributed by atoms with E-state index in [1.54, 1.807) is 0 Å². The molecule has 636 valence electrons. The van der Waals surface area contributed by atoms with Crippen LogP contribution in [0.5, 0.6) is 0 Å². The minimum atomic E-state index is -3.59. The fraction of sp³-hybridized carbons (Fsp3) is 0.406. The van der Waals surface area contributed by atoms with Crippen molar-refractivity contribution in [1.82, 2.24) is 0 Å². The summed E-state index contributed by atoms with van der Waals surface area (Å²) in [5.74, 6) is -0.920. The Bertz CT molecular complexity index is 4540. The first kappa shape index (κ1) is 92.8. The zero-order chi connectivity index (χ0) is 85.8. The molecule has 1 fully saturated rings. The molecule has 0 radical (unpaired) electrons. The van der Waals surface area contributed by atoms with Gasteiger partial charge >= 0.3 is 0 Å². The molecule has 11 rings (SSSR count). The zero-order valence-electron chi connectivity index (χ0n) is 74.7. The molecular weight excluding hydrogens is 1550 g/mol. The molecule has 1 saturated heterocycles. The van der Waals surface area contributed by atoms with Crippen molar-refractivity contribution in [3.8, 4) is 0 Å². The summed E-state index contributed by atoms with van der Waals surface area (Å²) in [5.41, 5.74) is 2.24. The van der Waals surface area contributed by atoms with Crippen molar-refractivity contribution >= 4 is 80.5 Å². The van der Waals surface area contributed by atoms with Gasteiger partial charge in [0.05, 0.1) is 62.0 Å². The van der Waals surface area contributed by atoms with Gasteiger partial charge in [-0.05, 0) is 118 Å². The SMILES string of the molecule is CC(C)[C@H](OCc1ccccc1)[C@@H](C)/C=C/[C@@H](C[C@@H](C[C@H](C[C@H](C[C@H](O)CC(=O)C[C@@H]1C[C@H](CCOCc2ccccc2)OC(C)(C)O1)O[Si](c1ccccc1)(c1ccccc1)C(C)(C)C)O[Si](c1ccccc1)(c1ccccc1)C(C)(C)C)O[Si](c1ccccc1)(c1ccccc1)C(C)(C)C)O[Si](c1ccccc1)(c1ccccc1)C(C)(C)C. The zero-order valence-corrected chi connectivity index (χ0v) is 78.7. The number of benzene rings is 10. The van der Waals surface area contributed by atoms with E-state index in [1.807, 2.05) is 32.0 Å². The topological polar surface area (TPSA) is 111 Å². The fourth-order valence-corrected chi connectivity index (χ4v) is 37.7. The number of ether oxygens (including phenoxy) is 4. The van der Waals surface area contributed by atoms with Crippen LogP contribution < -0.4 is 41.5 Å². The van der Waals surface area contributed by atoms with Crippen LogP contribution in [-0.4, -0.2) is 105 Å². The Morgan fingerprint density at radius 1 is 0.400 bits per heavy atom. The lowest BCUT2D eigenvalue weighted by atomic mass is 9.93. The maximum atomic E-state index is 15.3. The molecule has 0 saturated carbocycles. The average molecular weight is 1680 g/mol. The highest BCUT2D eigenvalue weighted by atomic mass is 28.4. The van der Waals surface area contributed by atoms with E-state index in [0.29, 0.717) is 51.9 Å². The van der Waals surface area contributed by atoms with Gasteiger partial charge in [0.25, 0.3) is 33.3 Å². The predicted octanol–water partition coefficient (Wildman–Crippen LogP) is 20.0. The van der Waals surface area contributed by atoms with Crippen molar-refractivity contribution in [2.24, 2.45) is 11.8 Å². The standard InChI is InChI=1S/C106H136O10Si4/c1-81(2)101(110-80-84-50-30-19-31-51-84)82(3)68-69-88(113-117(102(4,5)6,93-52-32-20-33-53-93)94-54-34-21-35-55-94)76-91(115-119(104(10,11)12,97-60-40-24-41-61-97)98-62-42-25-43-63-98)78-92(116-120(105(13,14)15,99-64-44-26-45-65-99)100-66-46-27-47-67-100)77-90(114-118(103(7,8)9,95-56-36-22-37-57-95)96-58-38-23-39-59-96)74-86(108)72-85(107)73-89-75-87(111-106(16,17)112-89)70-71-109-79-83-48-28-18-29-49-83/h18-69,81-82,86-92,101,108H,70-80H2,1-17H3/b69-68+/t82-,86+,87-,88-,89+,90-,91-,92-,101-/m0/s1. The molecule has 0 amide bonds. The van der Waals surface area contributed by atoms with Crippen LogP contribution in [0.4, 0.5) is 0 Å². The van der Waals surface area contributed by atoms with Gasteiger partial charge in [-0.2, -0.15) is 0 Å². The molecule has 10 aromatic carbocycles. The summed E-state index contributed by atoms with van der Waals surface area (Å²) >= 11 is 0. The summed E-state index contributed by atoms with van der Waals surface area (Å²) in [6.45, 7) is 40.4. The number of Topliss-reactive ketones (excluding diaryl/α,β-unsaturated/α-hetero) is 1. The predicted molar refractivity (Wildman–Crippen MR) is 506 cm³/mol. The van der Waals surface area contributed by atoms with Gasteiger partial charge in [-0.1, -0.05) is 419 Å². The van der Waals surface area contributed by atoms with Crippen LogP contribution >= 0.6 is 0 Å². The third-order valence-electron chi connectivity index (χ3n) is 24.2. The van der Waals surface area contributed by atoms with E-state index < -0.39 is 95.8 Å². The van der Waals surface area contributed by atoms with E-state index in [2.05, 4.69) is 401 Å². The highest BCUT2D eigenvalue weighted by molar-refractivity contribution is 7.01. The largest absolute Gasteiger partial charge is 0.404 e. The van der Waals surface area contributed by atoms with Crippen LogP contribution in [0.25, 0.3) is 0 Å². The Labute approximate surface area is 724 Å². The van der Waals surface area contributed by atoms with Crippen LogP contribution in [0.1, 0.15) is 180 Å². The monoisotopic (exact) mass is 1680 g/mol.